The zero-order chi connectivity index (χ0) is 14.5. The summed E-state index contributed by atoms with van der Waals surface area (Å²) in [6, 6.07) is 5.96. The second-order valence-electron chi connectivity index (χ2n) is 3.78. The Balaban J connectivity index is 2.14. The van der Waals surface area contributed by atoms with Gasteiger partial charge in [0.15, 0.2) is 0 Å². The largest absolute Gasteiger partial charge is 0.346 e. The fourth-order valence-corrected chi connectivity index (χ4v) is 2.11. The van der Waals surface area contributed by atoms with Crippen molar-refractivity contribution in [1.29, 1.82) is 0 Å². The maximum atomic E-state index is 12.0. The Labute approximate surface area is 122 Å². The minimum Gasteiger partial charge on any atom is -0.346 e. The third-order valence-electron chi connectivity index (χ3n) is 2.49. The lowest BCUT2D eigenvalue weighted by molar-refractivity contribution is -0.385. The van der Waals surface area contributed by atoms with E-state index in [9.17, 15) is 14.9 Å². The highest BCUT2D eigenvalue weighted by atomic mass is 79.9. The van der Waals surface area contributed by atoms with E-state index < -0.39 is 10.8 Å². The summed E-state index contributed by atoms with van der Waals surface area (Å²) in [4.78, 5) is 30.0. The third kappa shape index (κ3) is 3.15. The molecule has 0 fully saturated rings. The Kier molecular flexibility index (Phi) is 4.36. The van der Waals surface area contributed by atoms with E-state index in [4.69, 9.17) is 0 Å². The molecule has 2 aromatic rings. The normalized spacial score (nSPS) is 10.1. The molecule has 0 spiro atoms. The van der Waals surface area contributed by atoms with Gasteiger partial charge in [-0.15, -0.1) is 0 Å². The van der Waals surface area contributed by atoms with Gasteiger partial charge in [0.2, 0.25) is 0 Å². The monoisotopic (exact) mass is 336 g/mol. The van der Waals surface area contributed by atoms with Crippen molar-refractivity contribution in [2.45, 2.75) is 6.54 Å². The van der Waals surface area contributed by atoms with Gasteiger partial charge in [-0.1, -0.05) is 6.07 Å². The van der Waals surface area contributed by atoms with Crippen LogP contribution in [0.4, 0.5) is 5.69 Å². The fraction of sp³-hybridized carbons (Fsp3) is 0.0833. The van der Waals surface area contributed by atoms with Crippen molar-refractivity contribution in [3.63, 3.8) is 0 Å². The van der Waals surface area contributed by atoms with Gasteiger partial charge >= 0.3 is 0 Å². The number of aromatic nitrogens is 2. The molecule has 7 nitrogen and oxygen atoms in total. The molecule has 0 unspecified atom stereocenters. The molecule has 1 N–H and O–H groups in total. The average molecular weight is 337 g/mol. The van der Waals surface area contributed by atoms with Crippen LogP contribution in [0.25, 0.3) is 0 Å². The molecule has 0 atom stereocenters. The number of benzene rings is 1. The molecule has 0 bridgehead atoms. The first-order valence-corrected chi connectivity index (χ1v) is 6.35. The van der Waals surface area contributed by atoms with Crippen LogP contribution in [0, 0.1) is 10.1 Å². The number of nitrogens with zero attached hydrogens (tertiary/aromatic N) is 3. The van der Waals surface area contributed by atoms with Gasteiger partial charge in [-0.25, -0.2) is 9.97 Å². The molecule has 20 heavy (non-hydrogen) atoms. The fourth-order valence-electron chi connectivity index (χ4n) is 1.52. The van der Waals surface area contributed by atoms with Crippen LogP contribution in [-0.4, -0.2) is 20.8 Å². The number of nitro groups is 1. The molecule has 1 aromatic carbocycles. The zero-order valence-electron chi connectivity index (χ0n) is 10.1. The lowest BCUT2D eigenvalue weighted by atomic mass is 10.2. The van der Waals surface area contributed by atoms with Crippen molar-refractivity contribution in [3.8, 4) is 0 Å². The topological polar surface area (TPSA) is 98.0 Å². The summed E-state index contributed by atoms with van der Waals surface area (Å²) in [6.07, 6.45) is 2.95. The standard InChI is InChI=1S/C12H9BrN4O3/c13-11-9(2-1-3-10(11)17(19)20)12(18)15-6-8-4-5-14-7-16-8/h1-5,7H,6H2,(H,15,18). The number of rotatable bonds is 4. The minimum absolute atomic E-state index is 0.153. The first-order chi connectivity index (χ1) is 9.59. The van der Waals surface area contributed by atoms with Gasteiger partial charge in [0.05, 0.1) is 22.7 Å². The van der Waals surface area contributed by atoms with Crippen LogP contribution < -0.4 is 5.32 Å². The third-order valence-corrected chi connectivity index (χ3v) is 3.33. The Morgan fingerprint density at radius 1 is 1.40 bits per heavy atom. The maximum Gasteiger partial charge on any atom is 0.284 e. The van der Waals surface area contributed by atoms with Crippen molar-refractivity contribution in [1.82, 2.24) is 15.3 Å². The molecule has 8 heteroatoms. The number of nitro benzene ring substituents is 1. The van der Waals surface area contributed by atoms with Gasteiger partial charge in [0.1, 0.15) is 10.8 Å². The van der Waals surface area contributed by atoms with Gasteiger partial charge in [-0.2, -0.15) is 0 Å². The van der Waals surface area contributed by atoms with Crippen LogP contribution in [0.5, 0.6) is 0 Å². The predicted molar refractivity (Wildman–Crippen MR) is 74.0 cm³/mol. The smallest absolute Gasteiger partial charge is 0.284 e. The number of amides is 1. The first kappa shape index (κ1) is 14.1. The molecule has 1 aromatic heterocycles. The van der Waals surface area contributed by atoms with Gasteiger partial charge in [-0.3, -0.25) is 14.9 Å². The second-order valence-corrected chi connectivity index (χ2v) is 4.57. The number of hydrogen-bond donors (Lipinski definition) is 1. The highest BCUT2D eigenvalue weighted by molar-refractivity contribution is 9.10. The Morgan fingerprint density at radius 3 is 2.85 bits per heavy atom. The van der Waals surface area contributed by atoms with Crippen LogP contribution in [0.3, 0.4) is 0 Å². The molecule has 0 radical (unpaired) electrons. The molecule has 0 aliphatic carbocycles. The first-order valence-electron chi connectivity index (χ1n) is 5.55. The van der Waals surface area contributed by atoms with E-state index in [0.717, 1.165) is 0 Å². The van der Waals surface area contributed by atoms with Crippen molar-refractivity contribution >= 4 is 27.5 Å². The molecular formula is C12H9BrN4O3. The molecule has 2 rings (SSSR count). The number of hydrogen-bond acceptors (Lipinski definition) is 5. The number of carbonyl (C=O) groups is 1. The van der Waals surface area contributed by atoms with Crippen LogP contribution >= 0.6 is 15.9 Å². The Bertz CT molecular complexity index is 648. The molecule has 0 aliphatic rings. The van der Waals surface area contributed by atoms with E-state index in [1.807, 2.05) is 0 Å². The second kappa shape index (κ2) is 6.20. The van der Waals surface area contributed by atoms with Gasteiger partial charge in [-0.05, 0) is 28.1 Å². The van der Waals surface area contributed by atoms with Gasteiger partial charge < -0.3 is 5.32 Å². The quantitative estimate of drug-likeness (QED) is 0.680. The molecule has 1 heterocycles. The van der Waals surface area contributed by atoms with Crippen molar-refractivity contribution < 1.29 is 9.72 Å². The van der Waals surface area contributed by atoms with E-state index in [2.05, 4.69) is 31.2 Å². The van der Waals surface area contributed by atoms with Crippen LogP contribution in [0.15, 0.2) is 41.3 Å². The van der Waals surface area contributed by atoms with Crippen molar-refractivity contribution in [2.75, 3.05) is 0 Å². The number of carbonyl (C=O) groups excluding carboxylic acids is 1. The van der Waals surface area contributed by atoms with Crippen molar-refractivity contribution in [2.24, 2.45) is 0 Å². The van der Waals surface area contributed by atoms with Crippen LogP contribution in [0.2, 0.25) is 0 Å². The van der Waals surface area contributed by atoms with E-state index in [1.54, 1.807) is 12.3 Å². The summed E-state index contributed by atoms with van der Waals surface area (Å²) in [5.41, 5.74) is 0.697. The molecule has 0 saturated carbocycles. The molecular weight excluding hydrogens is 328 g/mol. The lowest BCUT2D eigenvalue weighted by Crippen LogP contribution is -2.23. The summed E-state index contributed by atoms with van der Waals surface area (Å²) in [5, 5.41) is 13.4. The highest BCUT2D eigenvalue weighted by Crippen LogP contribution is 2.28. The zero-order valence-corrected chi connectivity index (χ0v) is 11.7. The molecule has 0 saturated heterocycles. The highest BCUT2D eigenvalue weighted by Gasteiger charge is 2.19. The SMILES string of the molecule is O=C(NCc1ccncn1)c1cccc([N+](=O)[O-])c1Br. The van der Waals surface area contributed by atoms with Crippen LogP contribution in [0.1, 0.15) is 16.1 Å². The van der Waals surface area contributed by atoms with Gasteiger partial charge in [0.25, 0.3) is 11.6 Å². The summed E-state index contributed by atoms with van der Waals surface area (Å²) in [6.45, 7) is 0.219. The summed E-state index contributed by atoms with van der Waals surface area (Å²) >= 11 is 3.08. The summed E-state index contributed by atoms with van der Waals surface area (Å²) < 4.78 is 0.158. The summed E-state index contributed by atoms with van der Waals surface area (Å²) in [5.74, 6) is -0.417. The van der Waals surface area contributed by atoms with E-state index >= 15 is 0 Å². The molecule has 0 aliphatic heterocycles. The van der Waals surface area contributed by atoms with Gasteiger partial charge in [0, 0.05) is 12.3 Å². The predicted octanol–water partition coefficient (Wildman–Crippen LogP) is 2.08. The minimum atomic E-state index is -0.550. The summed E-state index contributed by atoms with van der Waals surface area (Å²) in [7, 11) is 0. The van der Waals surface area contributed by atoms with Crippen molar-refractivity contribution in [3.05, 3.63) is 62.6 Å². The van der Waals surface area contributed by atoms with E-state index in [-0.39, 0.29) is 22.3 Å². The number of nitrogens with one attached hydrogen (secondary N) is 1. The number of halogens is 1. The Morgan fingerprint density at radius 2 is 2.20 bits per heavy atom. The lowest BCUT2D eigenvalue weighted by Gasteiger charge is -2.06. The van der Waals surface area contributed by atoms with E-state index in [0.29, 0.717) is 5.69 Å². The molecule has 1 amide bonds. The Hall–Kier alpha value is -2.35. The average Bonchev–Trinajstić information content (AvgIpc) is 2.46. The van der Waals surface area contributed by atoms with E-state index in [1.165, 1.54) is 24.5 Å². The maximum absolute atomic E-state index is 12.0. The van der Waals surface area contributed by atoms with Crippen LogP contribution in [-0.2, 0) is 6.54 Å². The molecule has 102 valence electrons.